The Labute approximate surface area is 145 Å². The number of thiophene rings is 1. The number of nitrogens with one attached hydrogen (secondary N) is 1. The molecule has 0 amide bonds. The second kappa shape index (κ2) is 7.21. The van der Waals surface area contributed by atoms with Crippen LogP contribution in [0.15, 0.2) is 29.6 Å². The molecule has 1 heterocycles. The number of hydrogen-bond acceptors (Lipinski definition) is 5. The lowest BCUT2D eigenvalue weighted by Gasteiger charge is -2.23. The van der Waals surface area contributed by atoms with Gasteiger partial charge < -0.3 is 14.8 Å². The Morgan fingerprint density at radius 2 is 1.96 bits per heavy atom. The molecule has 0 aliphatic rings. The fourth-order valence-electron chi connectivity index (χ4n) is 1.98. The van der Waals surface area contributed by atoms with Gasteiger partial charge in [-0.1, -0.05) is 0 Å². The van der Waals surface area contributed by atoms with Crippen LogP contribution < -0.4 is 10.1 Å². The molecule has 0 aliphatic carbocycles. The zero-order valence-corrected chi connectivity index (χ0v) is 15.3. The summed E-state index contributed by atoms with van der Waals surface area (Å²) in [5.74, 6) is -0.669. The number of benzene rings is 1. The summed E-state index contributed by atoms with van der Waals surface area (Å²) in [6.07, 6.45) is -0.852. The van der Waals surface area contributed by atoms with E-state index in [1.807, 2.05) is 18.4 Å². The van der Waals surface area contributed by atoms with E-state index in [2.05, 4.69) is 5.32 Å². The first-order valence-corrected chi connectivity index (χ1v) is 8.54. The Balaban J connectivity index is 2.18. The second-order valence-electron chi connectivity index (χ2n) is 6.45. The van der Waals surface area contributed by atoms with Crippen LogP contribution in [0.4, 0.5) is 15.8 Å². The number of carbonyl (C=O) groups excluding carboxylic acids is 1. The molecule has 0 bridgehead atoms. The van der Waals surface area contributed by atoms with E-state index in [1.54, 1.807) is 45.1 Å². The average molecular weight is 351 g/mol. The van der Waals surface area contributed by atoms with Gasteiger partial charge in [0, 0.05) is 10.9 Å². The van der Waals surface area contributed by atoms with Gasteiger partial charge in [0.25, 0.3) is 0 Å². The smallest absolute Gasteiger partial charge is 0.347 e. The molecule has 2 rings (SSSR count). The molecule has 2 aromatic rings. The van der Waals surface area contributed by atoms with Crippen molar-refractivity contribution in [2.75, 3.05) is 5.32 Å². The van der Waals surface area contributed by atoms with Crippen molar-refractivity contribution in [3.8, 4) is 5.75 Å². The van der Waals surface area contributed by atoms with Crippen molar-refractivity contribution in [2.45, 2.75) is 46.3 Å². The molecule has 1 aromatic heterocycles. The molecule has 4 nitrogen and oxygen atoms in total. The Morgan fingerprint density at radius 3 is 2.54 bits per heavy atom. The van der Waals surface area contributed by atoms with E-state index < -0.39 is 23.5 Å². The Hall–Kier alpha value is -2.08. The summed E-state index contributed by atoms with van der Waals surface area (Å²) < 4.78 is 24.5. The molecule has 1 aromatic carbocycles. The number of esters is 1. The van der Waals surface area contributed by atoms with Crippen LogP contribution in [0.1, 0.15) is 32.6 Å². The summed E-state index contributed by atoms with van der Waals surface area (Å²) in [6.45, 7) is 8.92. The lowest BCUT2D eigenvalue weighted by Crippen LogP contribution is -2.33. The van der Waals surface area contributed by atoms with Gasteiger partial charge in [-0.15, -0.1) is 11.3 Å². The molecular weight excluding hydrogens is 329 g/mol. The minimum absolute atomic E-state index is 0.263. The van der Waals surface area contributed by atoms with Gasteiger partial charge in [-0.05, 0) is 58.2 Å². The molecule has 24 heavy (non-hydrogen) atoms. The van der Waals surface area contributed by atoms with Crippen LogP contribution >= 0.6 is 11.3 Å². The van der Waals surface area contributed by atoms with Gasteiger partial charge in [0.1, 0.15) is 17.2 Å². The van der Waals surface area contributed by atoms with Crippen LogP contribution in [0.25, 0.3) is 0 Å². The van der Waals surface area contributed by atoms with Crippen molar-refractivity contribution in [1.82, 2.24) is 0 Å². The van der Waals surface area contributed by atoms with Gasteiger partial charge >= 0.3 is 5.97 Å². The molecule has 1 N–H and O–H groups in total. The number of hydrogen-bond donors (Lipinski definition) is 1. The summed E-state index contributed by atoms with van der Waals surface area (Å²) in [5, 5.41) is 5.17. The predicted molar refractivity (Wildman–Crippen MR) is 94.7 cm³/mol. The highest BCUT2D eigenvalue weighted by molar-refractivity contribution is 7.10. The molecule has 0 spiro atoms. The number of rotatable bonds is 5. The third-order valence-electron chi connectivity index (χ3n) is 3.11. The first-order chi connectivity index (χ1) is 11.2. The second-order valence-corrected chi connectivity index (χ2v) is 7.57. The summed E-state index contributed by atoms with van der Waals surface area (Å²) in [7, 11) is 0. The van der Waals surface area contributed by atoms with E-state index in [4.69, 9.17) is 9.47 Å². The highest BCUT2D eigenvalue weighted by Crippen LogP contribution is 2.32. The molecule has 0 saturated carbocycles. The molecular formula is C18H22FNO3S. The lowest BCUT2D eigenvalue weighted by atomic mass is 10.2. The van der Waals surface area contributed by atoms with Gasteiger partial charge in [-0.3, -0.25) is 0 Å². The normalized spacial score (nSPS) is 12.6. The number of aryl methyl sites for hydroxylation is 1. The van der Waals surface area contributed by atoms with Crippen LogP contribution in [0.3, 0.4) is 0 Å². The average Bonchev–Trinajstić information content (AvgIpc) is 2.85. The van der Waals surface area contributed by atoms with Crippen molar-refractivity contribution in [2.24, 2.45) is 0 Å². The summed E-state index contributed by atoms with van der Waals surface area (Å²) in [4.78, 5) is 13.2. The van der Waals surface area contributed by atoms with Crippen LogP contribution in [0.5, 0.6) is 5.75 Å². The number of anilines is 2. The van der Waals surface area contributed by atoms with Gasteiger partial charge in [0.15, 0.2) is 6.10 Å². The third kappa shape index (κ3) is 4.96. The Kier molecular flexibility index (Phi) is 5.49. The van der Waals surface area contributed by atoms with Gasteiger partial charge in [-0.25, -0.2) is 9.18 Å². The van der Waals surface area contributed by atoms with E-state index in [9.17, 15) is 9.18 Å². The largest absolute Gasteiger partial charge is 0.477 e. The maximum absolute atomic E-state index is 13.6. The molecule has 1 atom stereocenters. The summed E-state index contributed by atoms with van der Waals surface area (Å²) in [6, 6.07) is 6.12. The molecule has 130 valence electrons. The summed E-state index contributed by atoms with van der Waals surface area (Å²) >= 11 is 1.61. The van der Waals surface area contributed by atoms with Crippen molar-refractivity contribution in [3.63, 3.8) is 0 Å². The van der Waals surface area contributed by atoms with Crippen molar-refractivity contribution in [1.29, 1.82) is 0 Å². The topological polar surface area (TPSA) is 47.6 Å². The van der Waals surface area contributed by atoms with Gasteiger partial charge in [-0.2, -0.15) is 0 Å². The fraction of sp³-hybridized carbons (Fsp3) is 0.389. The highest BCUT2D eigenvalue weighted by Gasteiger charge is 2.24. The molecule has 1 unspecified atom stereocenters. The van der Waals surface area contributed by atoms with E-state index >= 15 is 0 Å². The minimum atomic E-state index is -0.852. The first kappa shape index (κ1) is 18.3. The zero-order valence-electron chi connectivity index (χ0n) is 14.5. The number of ether oxygens (including phenoxy) is 2. The van der Waals surface area contributed by atoms with E-state index in [0.29, 0.717) is 5.69 Å². The van der Waals surface area contributed by atoms with Crippen LogP contribution in [0, 0.1) is 12.7 Å². The van der Waals surface area contributed by atoms with E-state index in [0.717, 1.165) is 10.6 Å². The van der Waals surface area contributed by atoms with Crippen molar-refractivity contribution in [3.05, 3.63) is 40.3 Å². The third-order valence-corrected chi connectivity index (χ3v) is 3.96. The van der Waals surface area contributed by atoms with E-state index in [1.165, 1.54) is 12.1 Å². The number of halogens is 1. The Bertz CT molecular complexity index is 721. The van der Waals surface area contributed by atoms with E-state index in [-0.39, 0.29) is 5.75 Å². The molecule has 0 fully saturated rings. The quantitative estimate of drug-likeness (QED) is 0.766. The molecule has 6 heteroatoms. The van der Waals surface area contributed by atoms with Gasteiger partial charge in [0.05, 0.1) is 11.4 Å². The first-order valence-electron chi connectivity index (χ1n) is 7.66. The number of carbonyl (C=O) groups is 1. The molecule has 0 aliphatic heterocycles. The van der Waals surface area contributed by atoms with Crippen molar-refractivity contribution >= 4 is 28.7 Å². The SMILES string of the molecule is Cc1sccc1Nc1ccc(F)cc1OC(C)C(=O)OC(C)(C)C. The summed E-state index contributed by atoms with van der Waals surface area (Å²) in [5.41, 5.74) is 0.903. The van der Waals surface area contributed by atoms with Crippen LogP contribution in [-0.4, -0.2) is 17.7 Å². The maximum Gasteiger partial charge on any atom is 0.347 e. The molecule has 0 saturated heterocycles. The van der Waals surface area contributed by atoms with Crippen LogP contribution in [0.2, 0.25) is 0 Å². The fourth-order valence-corrected chi connectivity index (χ4v) is 2.63. The predicted octanol–water partition coefficient (Wildman–Crippen LogP) is 5.05. The minimum Gasteiger partial charge on any atom is -0.477 e. The zero-order chi connectivity index (χ0) is 17.9. The van der Waals surface area contributed by atoms with Crippen LogP contribution in [-0.2, 0) is 9.53 Å². The highest BCUT2D eigenvalue weighted by atomic mass is 32.1. The Morgan fingerprint density at radius 1 is 1.25 bits per heavy atom. The lowest BCUT2D eigenvalue weighted by molar-refractivity contribution is -0.162. The van der Waals surface area contributed by atoms with Crippen molar-refractivity contribution < 1.29 is 18.7 Å². The maximum atomic E-state index is 13.6. The standard InChI is InChI=1S/C18H22FNO3S/c1-11(17(21)23-18(3,4)5)22-16-10-13(19)6-7-15(16)20-14-8-9-24-12(14)2/h6-11,20H,1-5H3. The monoisotopic (exact) mass is 351 g/mol. The van der Waals surface area contributed by atoms with Gasteiger partial charge in [0.2, 0.25) is 0 Å². The molecule has 0 radical (unpaired) electrons.